The van der Waals surface area contributed by atoms with Crippen LogP contribution >= 0.6 is 11.6 Å². The molecule has 36 heavy (non-hydrogen) atoms. The lowest BCUT2D eigenvalue weighted by Gasteiger charge is -2.18. The van der Waals surface area contributed by atoms with E-state index in [2.05, 4.69) is 56.4 Å². The zero-order valence-electron chi connectivity index (χ0n) is 19.9. The molecule has 11 heteroatoms. The second-order valence-corrected chi connectivity index (χ2v) is 8.21. The van der Waals surface area contributed by atoms with E-state index in [1.165, 1.54) is 22.5 Å². The SMILES string of the molecule is CCN(CC)Cc1cccc(Nc2ccn3ncc(C=O)c3n2)c1.O=Cc1cnn2ccc(Cl)nc12. The molecule has 0 aliphatic carbocycles. The Bertz CT molecular complexity index is 1490. The molecule has 5 rings (SSSR count). The Hall–Kier alpha value is -4.15. The number of fused-ring (bicyclic) bond motifs is 2. The predicted octanol–water partition coefficient (Wildman–Crippen LogP) is 4.32. The highest BCUT2D eigenvalue weighted by Gasteiger charge is 2.07. The molecule has 0 aliphatic rings. The summed E-state index contributed by atoms with van der Waals surface area (Å²) in [5.41, 5.74) is 4.18. The van der Waals surface area contributed by atoms with Gasteiger partial charge in [-0.05, 0) is 42.9 Å². The molecule has 0 atom stereocenters. The van der Waals surface area contributed by atoms with Crippen LogP contribution in [-0.2, 0) is 6.54 Å². The summed E-state index contributed by atoms with van der Waals surface area (Å²) in [4.78, 5) is 32.3. The van der Waals surface area contributed by atoms with E-state index in [0.717, 1.165) is 31.6 Å². The van der Waals surface area contributed by atoms with Gasteiger partial charge in [-0.2, -0.15) is 10.2 Å². The van der Waals surface area contributed by atoms with Gasteiger partial charge in [-0.15, -0.1) is 0 Å². The van der Waals surface area contributed by atoms with Gasteiger partial charge in [0, 0.05) is 24.6 Å². The van der Waals surface area contributed by atoms with Crippen LogP contribution in [0.15, 0.2) is 61.2 Å². The predicted molar refractivity (Wildman–Crippen MR) is 138 cm³/mol. The molecule has 0 spiro atoms. The van der Waals surface area contributed by atoms with Crippen LogP contribution in [0.1, 0.15) is 40.1 Å². The molecule has 0 fully saturated rings. The largest absolute Gasteiger partial charge is 0.340 e. The highest BCUT2D eigenvalue weighted by atomic mass is 35.5. The van der Waals surface area contributed by atoms with Gasteiger partial charge in [-0.3, -0.25) is 14.5 Å². The van der Waals surface area contributed by atoms with Gasteiger partial charge < -0.3 is 5.32 Å². The average Bonchev–Trinajstić information content (AvgIpc) is 3.50. The zero-order chi connectivity index (χ0) is 25.5. The Balaban J connectivity index is 0.000000211. The molecule has 1 N–H and O–H groups in total. The summed E-state index contributed by atoms with van der Waals surface area (Å²) in [6.07, 6.45) is 7.88. The zero-order valence-corrected chi connectivity index (χ0v) is 20.6. The summed E-state index contributed by atoms with van der Waals surface area (Å²) < 4.78 is 3.08. The molecular weight excluding hydrogens is 480 g/mol. The summed E-state index contributed by atoms with van der Waals surface area (Å²) in [5, 5.41) is 11.6. The number of hydrogen-bond donors (Lipinski definition) is 1. The first-order valence-electron chi connectivity index (χ1n) is 11.4. The molecule has 0 aliphatic heterocycles. The fourth-order valence-corrected chi connectivity index (χ4v) is 3.72. The second kappa shape index (κ2) is 11.5. The number of halogens is 1. The van der Waals surface area contributed by atoms with Crippen LogP contribution in [0.2, 0.25) is 5.15 Å². The van der Waals surface area contributed by atoms with Crippen molar-refractivity contribution in [2.75, 3.05) is 18.4 Å². The van der Waals surface area contributed by atoms with E-state index in [1.807, 2.05) is 18.2 Å². The quantitative estimate of drug-likeness (QED) is 0.246. The van der Waals surface area contributed by atoms with Crippen LogP contribution in [0.25, 0.3) is 11.3 Å². The molecule has 1 aromatic carbocycles. The van der Waals surface area contributed by atoms with Crippen LogP contribution in [0.3, 0.4) is 0 Å². The number of anilines is 2. The molecule has 4 aromatic heterocycles. The maximum atomic E-state index is 11.0. The van der Waals surface area contributed by atoms with Crippen LogP contribution in [0.5, 0.6) is 0 Å². The Labute approximate surface area is 212 Å². The molecule has 0 saturated heterocycles. The first-order chi connectivity index (χ1) is 17.5. The topological polar surface area (TPSA) is 110 Å². The number of benzene rings is 1. The van der Waals surface area contributed by atoms with E-state index >= 15 is 0 Å². The van der Waals surface area contributed by atoms with Gasteiger partial charge >= 0.3 is 0 Å². The Morgan fingerprint density at radius 3 is 2.19 bits per heavy atom. The normalized spacial score (nSPS) is 10.9. The van der Waals surface area contributed by atoms with Crippen LogP contribution < -0.4 is 5.32 Å². The minimum atomic E-state index is 0.353. The molecule has 0 saturated carbocycles. The lowest BCUT2D eigenvalue weighted by molar-refractivity contribution is 0.111. The van der Waals surface area contributed by atoms with Crippen molar-refractivity contribution < 1.29 is 9.59 Å². The first-order valence-corrected chi connectivity index (χ1v) is 11.7. The third-order valence-electron chi connectivity index (χ3n) is 5.51. The van der Waals surface area contributed by atoms with Crippen LogP contribution in [-0.4, -0.2) is 59.8 Å². The molecule has 0 bridgehead atoms. The van der Waals surface area contributed by atoms with E-state index in [0.29, 0.717) is 39.7 Å². The summed E-state index contributed by atoms with van der Waals surface area (Å²) in [6.45, 7) is 7.32. The van der Waals surface area contributed by atoms with E-state index in [1.54, 1.807) is 23.0 Å². The fraction of sp³-hybridized carbons (Fsp3) is 0.200. The van der Waals surface area contributed by atoms with Crippen molar-refractivity contribution >= 4 is 47.0 Å². The summed E-state index contributed by atoms with van der Waals surface area (Å²) >= 11 is 5.64. The van der Waals surface area contributed by atoms with Gasteiger partial charge in [0.1, 0.15) is 11.0 Å². The van der Waals surface area contributed by atoms with E-state index in [4.69, 9.17) is 11.6 Å². The summed E-state index contributed by atoms with van der Waals surface area (Å²) in [7, 11) is 0. The van der Waals surface area contributed by atoms with E-state index in [-0.39, 0.29) is 0 Å². The third-order valence-corrected chi connectivity index (χ3v) is 5.72. The van der Waals surface area contributed by atoms with E-state index in [9.17, 15) is 9.59 Å². The smallest absolute Gasteiger partial charge is 0.167 e. The number of nitrogens with zero attached hydrogens (tertiary/aromatic N) is 7. The Kier molecular flexibility index (Phi) is 7.99. The minimum Gasteiger partial charge on any atom is -0.340 e. The summed E-state index contributed by atoms with van der Waals surface area (Å²) in [6, 6.07) is 11.7. The number of nitrogens with one attached hydrogen (secondary N) is 1. The van der Waals surface area contributed by atoms with Crippen molar-refractivity contribution in [3.8, 4) is 0 Å². The maximum Gasteiger partial charge on any atom is 0.167 e. The lowest BCUT2D eigenvalue weighted by Crippen LogP contribution is -2.22. The molecule has 0 amide bonds. The molecular formula is C25H25ClN8O2. The molecule has 10 nitrogen and oxygen atoms in total. The van der Waals surface area contributed by atoms with Gasteiger partial charge in [0.05, 0.1) is 23.5 Å². The number of hydrogen-bond acceptors (Lipinski definition) is 8. The molecule has 4 heterocycles. The Morgan fingerprint density at radius 1 is 0.917 bits per heavy atom. The van der Waals surface area contributed by atoms with Crippen LogP contribution in [0.4, 0.5) is 11.5 Å². The van der Waals surface area contributed by atoms with Crippen molar-refractivity contribution in [3.63, 3.8) is 0 Å². The van der Waals surface area contributed by atoms with Crippen LogP contribution in [0, 0.1) is 0 Å². The monoisotopic (exact) mass is 504 g/mol. The number of aldehydes is 2. The van der Waals surface area contributed by atoms with Gasteiger partial charge in [-0.1, -0.05) is 37.6 Å². The molecule has 184 valence electrons. The summed E-state index contributed by atoms with van der Waals surface area (Å²) in [5.74, 6) is 0.686. The third kappa shape index (κ3) is 5.73. The fourth-order valence-electron chi connectivity index (χ4n) is 3.59. The van der Waals surface area contributed by atoms with Gasteiger partial charge in [-0.25, -0.2) is 19.0 Å². The maximum absolute atomic E-state index is 11.0. The van der Waals surface area contributed by atoms with Crippen molar-refractivity contribution in [1.29, 1.82) is 0 Å². The average molecular weight is 505 g/mol. The standard InChI is InChI=1S/C18H21N5O.C7H4ClN3O/c1-3-22(4-2)12-14-6-5-7-16(10-14)20-17-8-9-23-18(21-17)15(13-24)11-19-23;8-6-1-2-11-7(10-6)5(4-12)3-9-11/h5-11,13H,3-4,12H2,1-2H3,(H,20,21);1-4H. The molecule has 0 radical (unpaired) electrons. The highest BCUT2D eigenvalue weighted by Crippen LogP contribution is 2.18. The van der Waals surface area contributed by atoms with Crippen molar-refractivity contribution in [1.82, 2.24) is 34.1 Å². The van der Waals surface area contributed by atoms with Crippen molar-refractivity contribution in [2.45, 2.75) is 20.4 Å². The first kappa shape index (κ1) is 25.0. The number of aromatic nitrogens is 6. The van der Waals surface area contributed by atoms with Gasteiger partial charge in [0.2, 0.25) is 0 Å². The lowest BCUT2D eigenvalue weighted by atomic mass is 10.2. The molecule has 0 unspecified atom stereocenters. The van der Waals surface area contributed by atoms with Crippen molar-refractivity contribution in [2.24, 2.45) is 0 Å². The van der Waals surface area contributed by atoms with Gasteiger partial charge in [0.15, 0.2) is 23.9 Å². The minimum absolute atomic E-state index is 0.353. The molecule has 5 aromatic rings. The second-order valence-electron chi connectivity index (χ2n) is 7.82. The van der Waals surface area contributed by atoms with Crippen molar-refractivity contribution in [3.05, 3.63) is 83.0 Å². The van der Waals surface area contributed by atoms with Gasteiger partial charge in [0.25, 0.3) is 0 Å². The highest BCUT2D eigenvalue weighted by molar-refractivity contribution is 6.29. The number of carbonyl (C=O) groups is 2. The number of carbonyl (C=O) groups excluding carboxylic acids is 2. The Morgan fingerprint density at radius 2 is 1.56 bits per heavy atom. The number of rotatable bonds is 8. The van der Waals surface area contributed by atoms with E-state index < -0.39 is 0 Å².